The summed E-state index contributed by atoms with van der Waals surface area (Å²) in [6, 6.07) is 14.0. The number of ether oxygens (including phenoxy) is 2. The van der Waals surface area contributed by atoms with Gasteiger partial charge in [0.1, 0.15) is 23.5 Å². The molecule has 4 heterocycles. The van der Waals surface area contributed by atoms with Gasteiger partial charge in [0.2, 0.25) is 5.88 Å². The predicted molar refractivity (Wildman–Crippen MR) is 162 cm³/mol. The van der Waals surface area contributed by atoms with Gasteiger partial charge in [-0.2, -0.15) is 5.26 Å². The molecule has 1 saturated heterocycles. The largest absolute Gasteiger partial charge is 0.475 e. The summed E-state index contributed by atoms with van der Waals surface area (Å²) < 4.78 is 10.7. The third-order valence-corrected chi connectivity index (χ3v) is 7.88. The summed E-state index contributed by atoms with van der Waals surface area (Å²) in [5.74, 6) is 0.363. The first-order chi connectivity index (χ1) is 20.4. The number of methoxy groups -OCH3 is 1. The Hall–Kier alpha value is -3.78. The minimum Gasteiger partial charge on any atom is -0.475 e. The molecule has 0 spiro atoms. The molecule has 1 aliphatic heterocycles. The van der Waals surface area contributed by atoms with Crippen LogP contribution in [0, 0.1) is 18.3 Å². The number of rotatable bonds is 13. The average molecular weight is 592 g/mol. The lowest BCUT2D eigenvalue weighted by Gasteiger charge is -2.41. The number of nitrogens with zero attached hydrogens (tertiary/aromatic N) is 6. The van der Waals surface area contributed by atoms with E-state index in [9.17, 15) is 10.1 Å². The van der Waals surface area contributed by atoms with E-state index in [4.69, 9.17) is 21.1 Å². The van der Waals surface area contributed by atoms with Crippen LogP contribution in [-0.4, -0.2) is 77.8 Å². The fourth-order valence-corrected chi connectivity index (χ4v) is 5.49. The van der Waals surface area contributed by atoms with Crippen LogP contribution in [0.1, 0.15) is 53.5 Å². The quantitative estimate of drug-likeness (QED) is 0.228. The van der Waals surface area contributed by atoms with E-state index in [1.54, 1.807) is 25.4 Å². The number of carbonyl (C=O) groups excluding carboxylic acids is 1. The maximum atomic E-state index is 12.7. The van der Waals surface area contributed by atoms with Gasteiger partial charge in [0.25, 0.3) is 5.91 Å². The van der Waals surface area contributed by atoms with Gasteiger partial charge < -0.3 is 24.6 Å². The number of likely N-dealkylation sites (tertiary alicyclic amines) is 1. The maximum Gasteiger partial charge on any atom is 0.254 e. The molecule has 11 heteroatoms. The van der Waals surface area contributed by atoms with Crippen LogP contribution in [0.25, 0.3) is 0 Å². The van der Waals surface area contributed by atoms with Crippen molar-refractivity contribution in [3.05, 3.63) is 76.5 Å². The average Bonchev–Trinajstić information content (AvgIpc) is 3.00. The van der Waals surface area contributed by atoms with E-state index in [1.807, 2.05) is 37.4 Å². The number of nitriles is 1. The molecule has 3 aromatic heterocycles. The molecular weight excluding hydrogens is 554 g/mol. The molecule has 3 aromatic rings. The number of carbonyl (C=O) groups is 1. The normalized spacial score (nSPS) is 14.6. The Morgan fingerprint density at radius 1 is 1.21 bits per heavy atom. The molecule has 42 heavy (non-hydrogen) atoms. The van der Waals surface area contributed by atoms with Crippen LogP contribution in [0.5, 0.6) is 5.88 Å². The summed E-state index contributed by atoms with van der Waals surface area (Å²) >= 11 is 6.15. The molecule has 1 fully saturated rings. The summed E-state index contributed by atoms with van der Waals surface area (Å²) in [6.07, 6.45) is 6.20. The van der Waals surface area contributed by atoms with E-state index in [0.29, 0.717) is 49.5 Å². The third kappa shape index (κ3) is 8.38. The van der Waals surface area contributed by atoms with Crippen LogP contribution < -0.4 is 15.0 Å². The van der Waals surface area contributed by atoms with Gasteiger partial charge in [-0.1, -0.05) is 17.7 Å². The summed E-state index contributed by atoms with van der Waals surface area (Å²) in [7, 11) is 1.64. The SMILES string of the molecule is COCCOc1ccc(N(Cc2cccc(C#N)n2)C2CCN(C(C)CCNC(=O)c3c(C)ccnc3Cl)CC2)cn1. The first kappa shape index (κ1) is 31.2. The number of aryl methyl sites for hydroxylation is 1. The molecule has 0 aliphatic carbocycles. The molecule has 0 radical (unpaired) electrons. The minimum absolute atomic E-state index is 0.190. The van der Waals surface area contributed by atoms with Gasteiger partial charge in [0, 0.05) is 51.1 Å². The lowest BCUT2D eigenvalue weighted by Crippen LogP contribution is -2.48. The number of aromatic nitrogens is 3. The number of piperidine rings is 1. The summed E-state index contributed by atoms with van der Waals surface area (Å²) in [6.45, 7) is 7.99. The van der Waals surface area contributed by atoms with E-state index < -0.39 is 0 Å². The van der Waals surface area contributed by atoms with Crippen LogP contribution in [0.3, 0.4) is 0 Å². The molecule has 4 rings (SSSR count). The van der Waals surface area contributed by atoms with Crippen LogP contribution in [0.4, 0.5) is 5.69 Å². The highest BCUT2D eigenvalue weighted by molar-refractivity contribution is 6.32. The van der Waals surface area contributed by atoms with Crippen molar-refractivity contribution >= 4 is 23.2 Å². The van der Waals surface area contributed by atoms with Crippen LogP contribution in [0.2, 0.25) is 5.15 Å². The second-order valence-electron chi connectivity index (χ2n) is 10.4. The van der Waals surface area contributed by atoms with Gasteiger partial charge >= 0.3 is 0 Å². The Morgan fingerprint density at radius 3 is 2.71 bits per heavy atom. The molecule has 0 bridgehead atoms. The van der Waals surface area contributed by atoms with Crippen LogP contribution in [-0.2, 0) is 11.3 Å². The monoisotopic (exact) mass is 591 g/mol. The molecule has 1 atom stereocenters. The van der Waals surface area contributed by atoms with Gasteiger partial charge in [-0.05, 0) is 62.9 Å². The zero-order chi connectivity index (χ0) is 29.9. The zero-order valence-corrected chi connectivity index (χ0v) is 25.2. The molecule has 1 aliphatic rings. The van der Waals surface area contributed by atoms with E-state index in [2.05, 4.69) is 43.1 Å². The Bertz CT molecular complexity index is 1340. The van der Waals surface area contributed by atoms with E-state index in [-0.39, 0.29) is 17.1 Å². The number of halogens is 1. The number of nitrogens with one attached hydrogen (secondary N) is 1. The van der Waals surface area contributed by atoms with E-state index in [1.165, 1.54) is 0 Å². The van der Waals surface area contributed by atoms with Crippen molar-refractivity contribution in [1.82, 2.24) is 25.2 Å². The highest BCUT2D eigenvalue weighted by atomic mass is 35.5. The van der Waals surface area contributed by atoms with Crippen molar-refractivity contribution in [2.75, 3.05) is 44.9 Å². The topological polar surface area (TPSA) is 116 Å². The Balaban J connectivity index is 1.36. The van der Waals surface area contributed by atoms with Crippen molar-refractivity contribution in [2.24, 2.45) is 0 Å². The van der Waals surface area contributed by atoms with Crippen molar-refractivity contribution in [3.8, 4) is 11.9 Å². The summed E-state index contributed by atoms with van der Waals surface area (Å²) in [4.78, 5) is 30.6. The van der Waals surface area contributed by atoms with Gasteiger partial charge in [-0.15, -0.1) is 0 Å². The fourth-order valence-electron chi connectivity index (χ4n) is 5.19. The maximum absolute atomic E-state index is 12.7. The van der Waals surface area contributed by atoms with Crippen molar-refractivity contribution in [1.29, 1.82) is 5.26 Å². The first-order valence-electron chi connectivity index (χ1n) is 14.2. The molecule has 222 valence electrons. The predicted octanol–water partition coefficient (Wildman–Crippen LogP) is 4.41. The number of hydrogen-bond acceptors (Lipinski definition) is 9. The van der Waals surface area contributed by atoms with E-state index in [0.717, 1.165) is 49.3 Å². The van der Waals surface area contributed by atoms with Crippen molar-refractivity contribution in [3.63, 3.8) is 0 Å². The van der Waals surface area contributed by atoms with E-state index >= 15 is 0 Å². The Kier molecular flexibility index (Phi) is 11.5. The molecule has 10 nitrogen and oxygen atoms in total. The lowest BCUT2D eigenvalue weighted by molar-refractivity contribution is 0.0944. The first-order valence-corrected chi connectivity index (χ1v) is 14.6. The number of hydrogen-bond donors (Lipinski definition) is 1. The molecule has 1 unspecified atom stereocenters. The standard InChI is InChI=1S/C31H38ClN7O3/c1-22-9-13-34-30(32)29(22)31(40)35-14-10-23(2)38-15-11-26(12-16-38)39(21-25-6-4-5-24(19-33)37-25)27-7-8-28(36-20-27)42-18-17-41-3/h4-9,13,20,23,26H,10-12,14-18,21H2,1-3H3,(H,35,40). The molecule has 0 saturated carbocycles. The lowest BCUT2D eigenvalue weighted by atomic mass is 10.00. The molecular formula is C31H38ClN7O3. The van der Waals surface area contributed by atoms with Crippen molar-refractivity contribution < 1.29 is 14.3 Å². The minimum atomic E-state index is -0.190. The molecule has 0 aromatic carbocycles. The smallest absolute Gasteiger partial charge is 0.254 e. The number of amides is 1. The second kappa shape index (κ2) is 15.4. The fraction of sp³-hybridized carbons (Fsp3) is 0.452. The molecule has 1 N–H and O–H groups in total. The van der Waals surface area contributed by atoms with Gasteiger partial charge in [0.15, 0.2) is 0 Å². The van der Waals surface area contributed by atoms with Crippen LogP contribution >= 0.6 is 11.6 Å². The second-order valence-corrected chi connectivity index (χ2v) is 10.8. The molecule has 1 amide bonds. The third-order valence-electron chi connectivity index (χ3n) is 7.59. The Morgan fingerprint density at radius 2 is 2.02 bits per heavy atom. The zero-order valence-electron chi connectivity index (χ0n) is 24.4. The van der Waals surface area contributed by atoms with Gasteiger partial charge in [-0.25, -0.2) is 15.0 Å². The summed E-state index contributed by atoms with van der Waals surface area (Å²) in [5.41, 5.74) is 3.47. The highest BCUT2D eigenvalue weighted by Gasteiger charge is 2.28. The van der Waals surface area contributed by atoms with Crippen LogP contribution in [0.15, 0.2) is 48.8 Å². The summed E-state index contributed by atoms with van der Waals surface area (Å²) in [5, 5.41) is 12.6. The number of anilines is 1. The highest BCUT2D eigenvalue weighted by Crippen LogP contribution is 2.27. The Labute approximate surface area is 252 Å². The van der Waals surface area contributed by atoms with Gasteiger partial charge in [0.05, 0.1) is 36.3 Å². The van der Waals surface area contributed by atoms with Crippen molar-refractivity contribution in [2.45, 2.75) is 51.7 Å². The van der Waals surface area contributed by atoms with Gasteiger partial charge in [-0.3, -0.25) is 4.79 Å². The number of pyridine rings is 3.